The van der Waals surface area contributed by atoms with E-state index in [9.17, 15) is 9.50 Å². The van der Waals surface area contributed by atoms with Gasteiger partial charge < -0.3 is 19.3 Å². The second-order valence-electron chi connectivity index (χ2n) is 6.09. The lowest BCUT2D eigenvalue weighted by atomic mass is 10.00. The molecule has 2 aliphatic rings. The molecular formula is C19H19FO4S. The molecule has 2 aromatic rings. The maximum atomic E-state index is 14.8. The summed E-state index contributed by atoms with van der Waals surface area (Å²) in [5.41, 5.74) is 0.127. The molecule has 0 amide bonds. The van der Waals surface area contributed by atoms with E-state index in [-0.39, 0.29) is 6.61 Å². The average molecular weight is 362 g/mol. The van der Waals surface area contributed by atoms with Gasteiger partial charge in [0.25, 0.3) is 0 Å². The van der Waals surface area contributed by atoms with Gasteiger partial charge in [0.1, 0.15) is 23.7 Å². The van der Waals surface area contributed by atoms with Crippen molar-refractivity contribution in [3.8, 4) is 0 Å². The molecule has 25 heavy (non-hydrogen) atoms. The number of halogens is 1. The Balaban J connectivity index is 1.46. The van der Waals surface area contributed by atoms with Gasteiger partial charge in [0.15, 0.2) is 12.5 Å². The molecule has 2 heterocycles. The predicted octanol–water partition coefficient (Wildman–Crippen LogP) is 3.32. The molecule has 0 saturated carbocycles. The topological polar surface area (TPSA) is 47.9 Å². The summed E-state index contributed by atoms with van der Waals surface area (Å²) in [6.07, 6.45) is -4.83. The molecule has 0 radical (unpaired) electrons. The predicted molar refractivity (Wildman–Crippen MR) is 91.9 cm³/mol. The fraction of sp³-hybridized carbons (Fsp3) is 0.368. The third-order valence-corrected chi connectivity index (χ3v) is 5.52. The van der Waals surface area contributed by atoms with Gasteiger partial charge in [0.2, 0.25) is 0 Å². The smallest absolute Gasteiger partial charge is 0.184 e. The van der Waals surface area contributed by atoms with Crippen molar-refractivity contribution in [2.24, 2.45) is 0 Å². The van der Waals surface area contributed by atoms with Crippen LogP contribution in [0.3, 0.4) is 0 Å². The van der Waals surface area contributed by atoms with E-state index in [0.717, 1.165) is 10.5 Å². The molecule has 6 atom stereocenters. The number of alkyl halides is 1. The molecule has 1 N–H and O–H groups in total. The van der Waals surface area contributed by atoms with Gasteiger partial charge in [0, 0.05) is 10.5 Å². The van der Waals surface area contributed by atoms with Crippen LogP contribution < -0.4 is 0 Å². The highest BCUT2D eigenvalue weighted by Gasteiger charge is 2.50. The van der Waals surface area contributed by atoms with Crippen molar-refractivity contribution < 1.29 is 23.7 Å². The Bertz CT molecular complexity index is 684. The van der Waals surface area contributed by atoms with Crippen molar-refractivity contribution in [3.05, 3.63) is 66.2 Å². The summed E-state index contributed by atoms with van der Waals surface area (Å²) in [4.78, 5) is 0.914. The van der Waals surface area contributed by atoms with Gasteiger partial charge in [-0.25, -0.2) is 4.39 Å². The Morgan fingerprint density at radius 1 is 0.960 bits per heavy atom. The fourth-order valence-corrected chi connectivity index (χ4v) is 4.13. The van der Waals surface area contributed by atoms with Crippen LogP contribution in [-0.2, 0) is 14.2 Å². The van der Waals surface area contributed by atoms with Gasteiger partial charge in [-0.3, -0.25) is 0 Å². The van der Waals surface area contributed by atoms with Gasteiger partial charge in [0.05, 0.1) is 6.61 Å². The maximum absolute atomic E-state index is 14.8. The van der Waals surface area contributed by atoms with Crippen LogP contribution in [0, 0.1) is 0 Å². The van der Waals surface area contributed by atoms with E-state index in [0.29, 0.717) is 0 Å². The first-order valence-electron chi connectivity index (χ1n) is 8.24. The fourth-order valence-electron chi connectivity index (χ4n) is 3.06. The van der Waals surface area contributed by atoms with Crippen LogP contribution in [0.5, 0.6) is 0 Å². The monoisotopic (exact) mass is 362 g/mol. The number of fused-ring (bicyclic) bond motifs is 1. The van der Waals surface area contributed by atoms with Gasteiger partial charge in [-0.05, 0) is 12.1 Å². The van der Waals surface area contributed by atoms with Crippen LogP contribution in [-0.4, -0.2) is 41.6 Å². The zero-order valence-electron chi connectivity index (χ0n) is 13.4. The van der Waals surface area contributed by atoms with Crippen molar-refractivity contribution in [1.82, 2.24) is 0 Å². The Hall–Kier alpha value is -1.44. The summed E-state index contributed by atoms with van der Waals surface area (Å²) in [5.74, 6) is 0. The van der Waals surface area contributed by atoms with E-state index in [1.165, 1.54) is 11.8 Å². The highest BCUT2D eigenvalue weighted by Crippen LogP contribution is 2.39. The molecule has 2 saturated heterocycles. The van der Waals surface area contributed by atoms with Gasteiger partial charge >= 0.3 is 0 Å². The van der Waals surface area contributed by atoms with Gasteiger partial charge in [-0.15, -0.1) is 0 Å². The highest BCUT2D eigenvalue weighted by atomic mass is 32.2. The Kier molecular flexibility index (Phi) is 5.05. The Labute approximate surface area is 149 Å². The van der Waals surface area contributed by atoms with Gasteiger partial charge in [-0.2, -0.15) is 0 Å². The largest absolute Gasteiger partial charge is 0.386 e. The molecule has 4 rings (SSSR count). The van der Waals surface area contributed by atoms with Crippen molar-refractivity contribution in [2.75, 3.05) is 6.61 Å². The SMILES string of the molecule is O[C@H]1[C@@H](F)[C@@H]2O[C@H](c3ccccc3)OC[C@H]2O[C@H]1Sc1ccccc1. The standard InChI is InChI=1S/C19H19FO4S/c20-15-16(21)19(25-13-9-5-2-6-10-13)23-14-11-22-18(24-17(14)15)12-7-3-1-4-8-12/h1-10,14-19,21H,11H2/t14-,15-,16+,17-,18-,19+/m1/s1. The first-order valence-corrected chi connectivity index (χ1v) is 9.11. The quantitative estimate of drug-likeness (QED) is 0.908. The molecule has 0 aliphatic carbocycles. The number of aliphatic hydroxyl groups is 1. The van der Waals surface area contributed by atoms with Crippen LogP contribution in [0.15, 0.2) is 65.6 Å². The molecule has 0 aromatic heterocycles. The van der Waals surface area contributed by atoms with Crippen molar-refractivity contribution in [3.63, 3.8) is 0 Å². The molecule has 0 unspecified atom stereocenters. The number of benzene rings is 2. The minimum Gasteiger partial charge on any atom is -0.386 e. The maximum Gasteiger partial charge on any atom is 0.184 e. The van der Waals surface area contributed by atoms with E-state index >= 15 is 0 Å². The van der Waals surface area contributed by atoms with Crippen molar-refractivity contribution >= 4 is 11.8 Å². The lowest BCUT2D eigenvalue weighted by Gasteiger charge is -2.45. The molecule has 4 nitrogen and oxygen atoms in total. The normalized spacial score (nSPS) is 35.1. The van der Waals surface area contributed by atoms with Crippen molar-refractivity contribution in [2.45, 2.75) is 41.1 Å². The summed E-state index contributed by atoms with van der Waals surface area (Å²) in [7, 11) is 0. The van der Waals surface area contributed by atoms with Crippen LogP contribution in [0.4, 0.5) is 4.39 Å². The van der Waals surface area contributed by atoms with Crippen LogP contribution in [0.2, 0.25) is 0 Å². The first kappa shape index (κ1) is 17.0. The molecule has 6 heteroatoms. The minimum absolute atomic E-state index is 0.225. The Morgan fingerprint density at radius 2 is 1.64 bits per heavy atom. The Morgan fingerprint density at radius 3 is 2.36 bits per heavy atom. The van der Waals surface area contributed by atoms with Crippen LogP contribution in [0.1, 0.15) is 11.9 Å². The molecular weight excluding hydrogens is 343 g/mol. The first-order chi connectivity index (χ1) is 12.2. The number of aliphatic hydroxyl groups excluding tert-OH is 1. The summed E-state index contributed by atoms with van der Waals surface area (Å²) < 4.78 is 32.2. The lowest BCUT2D eigenvalue weighted by Crippen LogP contribution is -2.59. The number of thioether (sulfide) groups is 1. The van der Waals surface area contributed by atoms with E-state index in [2.05, 4.69) is 0 Å². The number of hydrogen-bond donors (Lipinski definition) is 1. The summed E-state index contributed by atoms with van der Waals surface area (Å²) >= 11 is 1.31. The molecule has 2 fully saturated rings. The van der Waals surface area contributed by atoms with Crippen LogP contribution in [0.25, 0.3) is 0 Å². The number of ether oxygens (including phenoxy) is 3. The van der Waals surface area contributed by atoms with E-state index in [4.69, 9.17) is 14.2 Å². The minimum atomic E-state index is -1.53. The average Bonchev–Trinajstić information content (AvgIpc) is 2.67. The molecule has 2 aliphatic heterocycles. The van der Waals surface area contributed by atoms with E-state index < -0.39 is 36.2 Å². The zero-order valence-corrected chi connectivity index (χ0v) is 14.2. The molecule has 2 aromatic carbocycles. The summed E-state index contributed by atoms with van der Waals surface area (Å²) in [5, 5.41) is 10.4. The third-order valence-electron chi connectivity index (χ3n) is 4.35. The second kappa shape index (κ2) is 7.43. The lowest BCUT2D eigenvalue weighted by molar-refractivity contribution is -0.309. The summed E-state index contributed by atoms with van der Waals surface area (Å²) in [6.45, 7) is 0.225. The third kappa shape index (κ3) is 3.59. The number of hydrogen-bond acceptors (Lipinski definition) is 5. The van der Waals surface area contributed by atoms with Crippen molar-refractivity contribution in [1.29, 1.82) is 0 Å². The van der Waals surface area contributed by atoms with Crippen LogP contribution >= 0.6 is 11.8 Å². The summed E-state index contributed by atoms with van der Waals surface area (Å²) in [6, 6.07) is 18.9. The van der Waals surface area contributed by atoms with Gasteiger partial charge in [-0.1, -0.05) is 60.3 Å². The number of rotatable bonds is 3. The zero-order chi connectivity index (χ0) is 17.2. The van der Waals surface area contributed by atoms with E-state index in [1.54, 1.807) is 0 Å². The molecule has 0 bridgehead atoms. The second-order valence-corrected chi connectivity index (χ2v) is 7.26. The molecule has 0 spiro atoms. The molecule has 132 valence electrons. The van der Waals surface area contributed by atoms with E-state index in [1.807, 2.05) is 60.7 Å². The highest BCUT2D eigenvalue weighted by molar-refractivity contribution is 7.99.